The standard InChI is InChI=1S/C16H22N4O2/c1-16(2,10-21)8-3-9-17-15(22)13-4-6-14(7-5-13)20-11-18-19-12-20/h4-7,11-12,21H,3,8-10H2,1-2H3,(H,17,22). The Kier molecular flexibility index (Phi) is 5.27. The van der Waals surface area contributed by atoms with Crippen LogP contribution in [0.1, 0.15) is 37.0 Å². The van der Waals surface area contributed by atoms with Gasteiger partial charge in [-0.05, 0) is 42.5 Å². The van der Waals surface area contributed by atoms with Gasteiger partial charge in [0.25, 0.3) is 5.91 Å². The Morgan fingerprint density at radius 2 is 1.86 bits per heavy atom. The maximum absolute atomic E-state index is 12.0. The molecule has 0 unspecified atom stereocenters. The maximum Gasteiger partial charge on any atom is 0.251 e. The van der Waals surface area contributed by atoms with Gasteiger partial charge in [-0.1, -0.05) is 13.8 Å². The minimum Gasteiger partial charge on any atom is -0.396 e. The second-order valence-corrected chi connectivity index (χ2v) is 6.10. The highest BCUT2D eigenvalue weighted by atomic mass is 16.3. The lowest BCUT2D eigenvalue weighted by Gasteiger charge is -2.21. The maximum atomic E-state index is 12.0. The van der Waals surface area contributed by atoms with Crippen molar-refractivity contribution in [1.82, 2.24) is 20.1 Å². The second kappa shape index (κ2) is 7.17. The molecule has 0 aliphatic heterocycles. The summed E-state index contributed by atoms with van der Waals surface area (Å²) in [6.07, 6.45) is 4.93. The van der Waals surface area contributed by atoms with E-state index in [1.54, 1.807) is 29.4 Å². The lowest BCUT2D eigenvalue weighted by atomic mass is 9.89. The molecule has 2 aromatic rings. The van der Waals surface area contributed by atoms with Gasteiger partial charge in [0.2, 0.25) is 0 Å². The van der Waals surface area contributed by atoms with E-state index in [-0.39, 0.29) is 17.9 Å². The summed E-state index contributed by atoms with van der Waals surface area (Å²) < 4.78 is 1.78. The van der Waals surface area contributed by atoms with Crippen LogP contribution in [0.2, 0.25) is 0 Å². The monoisotopic (exact) mass is 302 g/mol. The zero-order valence-electron chi connectivity index (χ0n) is 13.0. The molecular formula is C16H22N4O2. The summed E-state index contributed by atoms with van der Waals surface area (Å²) in [5, 5.41) is 19.6. The molecule has 0 radical (unpaired) electrons. The third-order valence-corrected chi connectivity index (χ3v) is 3.59. The summed E-state index contributed by atoms with van der Waals surface area (Å²) in [4.78, 5) is 12.0. The van der Waals surface area contributed by atoms with E-state index in [1.807, 2.05) is 26.0 Å². The van der Waals surface area contributed by atoms with Gasteiger partial charge < -0.3 is 10.4 Å². The first-order valence-corrected chi connectivity index (χ1v) is 7.36. The van der Waals surface area contributed by atoms with Crippen molar-refractivity contribution in [1.29, 1.82) is 0 Å². The van der Waals surface area contributed by atoms with E-state index < -0.39 is 0 Å². The molecule has 22 heavy (non-hydrogen) atoms. The summed E-state index contributed by atoms with van der Waals surface area (Å²) in [7, 11) is 0. The zero-order chi connectivity index (χ0) is 16.0. The molecule has 6 nitrogen and oxygen atoms in total. The van der Waals surface area contributed by atoms with Crippen LogP contribution in [-0.2, 0) is 0 Å². The predicted octanol–water partition coefficient (Wildman–Crippen LogP) is 1.80. The smallest absolute Gasteiger partial charge is 0.251 e. The van der Waals surface area contributed by atoms with Gasteiger partial charge in [-0.25, -0.2) is 0 Å². The number of nitrogens with one attached hydrogen (secondary N) is 1. The normalized spacial score (nSPS) is 11.4. The number of rotatable bonds is 7. The van der Waals surface area contributed by atoms with Gasteiger partial charge >= 0.3 is 0 Å². The molecule has 1 aromatic carbocycles. The van der Waals surface area contributed by atoms with Crippen LogP contribution in [0, 0.1) is 5.41 Å². The topological polar surface area (TPSA) is 80.0 Å². The molecule has 1 heterocycles. The van der Waals surface area contributed by atoms with Crippen molar-refractivity contribution >= 4 is 5.91 Å². The van der Waals surface area contributed by atoms with Crippen LogP contribution in [0.4, 0.5) is 0 Å². The van der Waals surface area contributed by atoms with Crippen molar-refractivity contribution < 1.29 is 9.90 Å². The molecule has 0 fully saturated rings. The number of aliphatic hydroxyl groups is 1. The number of amides is 1. The number of carbonyl (C=O) groups is 1. The average Bonchev–Trinajstić information content (AvgIpc) is 3.06. The van der Waals surface area contributed by atoms with E-state index in [9.17, 15) is 9.90 Å². The summed E-state index contributed by atoms with van der Waals surface area (Å²) in [5.41, 5.74) is 1.44. The van der Waals surface area contributed by atoms with Crippen molar-refractivity contribution in [3.63, 3.8) is 0 Å². The van der Waals surface area contributed by atoms with Crippen molar-refractivity contribution in [3.8, 4) is 5.69 Å². The van der Waals surface area contributed by atoms with Gasteiger partial charge in [-0.3, -0.25) is 9.36 Å². The molecule has 0 bridgehead atoms. The summed E-state index contributed by atoms with van der Waals surface area (Å²) in [6.45, 7) is 4.79. The molecule has 6 heteroatoms. The van der Waals surface area contributed by atoms with E-state index in [2.05, 4.69) is 15.5 Å². The predicted molar refractivity (Wildman–Crippen MR) is 83.8 cm³/mol. The molecule has 1 amide bonds. The Morgan fingerprint density at radius 1 is 1.23 bits per heavy atom. The molecule has 2 N–H and O–H groups in total. The van der Waals surface area contributed by atoms with Crippen LogP contribution >= 0.6 is 0 Å². The van der Waals surface area contributed by atoms with Crippen LogP contribution in [0.3, 0.4) is 0 Å². The highest BCUT2D eigenvalue weighted by molar-refractivity contribution is 5.94. The van der Waals surface area contributed by atoms with Gasteiger partial charge in [0.15, 0.2) is 0 Å². The van der Waals surface area contributed by atoms with Crippen LogP contribution in [0.15, 0.2) is 36.9 Å². The van der Waals surface area contributed by atoms with E-state index in [4.69, 9.17) is 0 Å². The fraction of sp³-hybridized carbons (Fsp3) is 0.438. The number of hydrogen-bond donors (Lipinski definition) is 2. The van der Waals surface area contributed by atoms with Crippen LogP contribution in [0.25, 0.3) is 5.69 Å². The molecule has 0 saturated carbocycles. The van der Waals surface area contributed by atoms with E-state index in [0.717, 1.165) is 18.5 Å². The molecule has 0 aliphatic rings. The Morgan fingerprint density at radius 3 is 2.45 bits per heavy atom. The van der Waals surface area contributed by atoms with E-state index in [1.165, 1.54) is 0 Å². The van der Waals surface area contributed by atoms with Gasteiger partial charge in [-0.15, -0.1) is 10.2 Å². The molecule has 0 aliphatic carbocycles. The number of hydrogen-bond acceptors (Lipinski definition) is 4. The van der Waals surface area contributed by atoms with Crippen molar-refractivity contribution in [2.45, 2.75) is 26.7 Å². The van der Waals surface area contributed by atoms with Crippen molar-refractivity contribution in [2.75, 3.05) is 13.2 Å². The highest BCUT2D eigenvalue weighted by Crippen LogP contribution is 2.20. The Balaban J connectivity index is 1.83. The average molecular weight is 302 g/mol. The van der Waals surface area contributed by atoms with Crippen molar-refractivity contribution in [3.05, 3.63) is 42.5 Å². The molecular weight excluding hydrogens is 280 g/mol. The third kappa shape index (κ3) is 4.39. The van der Waals surface area contributed by atoms with Crippen LogP contribution in [0.5, 0.6) is 0 Å². The lowest BCUT2D eigenvalue weighted by Crippen LogP contribution is -2.26. The molecule has 118 valence electrons. The highest BCUT2D eigenvalue weighted by Gasteiger charge is 2.15. The zero-order valence-corrected chi connectivity index (χ0v) is 13.0. The first kappa shape index (κ1) is 16.2. The Labute approximate surface area is 130 Å². The first-order chi connectivity index (χ1) is 10.5. The van der Waals surface area contributed by atoms with Gasteiger partial charge in [0, 0.05) is 24.4 Å². The van der Waals surface area contributed by atoms with Crippen LogP contribution < -0.4 is 5.32 Å². The molecule has 1 aromatic heterocycles. The number of carbonyl (C=O) groups excluding carboxylic acids is 1. The summed E-state index contributed by atoms with van der Waals surface area (Å²) in [6, 6.07) is 7.27. The number of aromatic nitrogens is 3. The number of aliphatic hydroxyl groups excluding tert-OH is 1. The molecule has 0 atom stereocenters. The third-order valence-electron chi connectivity index (χ3n) is 3.59. The fourth-order valence-electron chi connectivity index (χ4n) is 2.07. The van der Waals surface area contributed by atoms with Crippen molar-refractivity contribution in [2.24, 2.45) is 5.41 Å². The molecule has 0 saturated heterocycles. The molecule has 2 rings (SSSR count). The SMILES string of the molecule is CC(C)(CO)CCCNC(=O)c1ccc(-n2cnnc2)cc1. The van der Waals surface area contributed by atoms with E-state index >= 15 is 0 Å². The van der Waals surface area contributed by atoms with E-state index in [0.29, 0.717) is 12.1 Å². The number of benzene rings is 1. The van der Waals surface area contributed by atoms with Gasteiger partial charge in [-0.2, -0.15) is 0 Å². The minimum atomic E-state index is -0.0921. The Bertz CT molecular complexity index is 591. The Hall–Kier alpha value is -2.21. The first-order valence-electron chi connectivity index (χ1n) is 7.36. The minimum absolute atomic E-state index is 0.0860. The van der Waals surface area contributed by atoms with Crippen LogP contribution in [-0.4, -0.2) is 38.9 Å². The quantitative estimate of drug-likeness (QED) is 0.764. The second-order valence-electron chi connectivity index (χ2n) is 6.10. The fourth-order valence-corrected chi connectivity index (χ4v) is 2.07. The molecule has 0 spiro atoms. The summed E-state index contributed by atoms with van der Waals surface area (Å²) >= 11 is 0. The largest absolute Gasteiger partial charge is 0.396 e. The summed E-state index contributed by atoms with van der Waals surface area (Å²) in [5.74, 6) is -0.0860. The lowest BCUT2D eigenvalue weighted by molar-refractivity contribution is 0.0948. The van der Waals surface area contributed by atoms with Gasteiger partial charge in [0.1, 0.15) is 12.7 Å². The number of nitrogens with zero attached hydrogens (tertiary/aromatic N) is 3. The van der Waals surface area contributed by atoms with Gasteiger partial charge in [0.05, 0.1) is 0 Å².